The van der Waals surface area contributed by atoms with Crippen molar-refractivity contribution in [3.8, 4) is 0 Å². The second-order valence-electron chi connectivity index (χ2n) is 4.17. The minimum absolute atomic E-state index is 0.402. The molecule has 0 spiro atoms. The molecule has 16 heavy (non-hydrogen) atoms. The molecule has 0 aromatic heterocycles. The zero-order valence-electron chi connectivity index (χ0n) is 9.80. The van der Waals surface area contributed by atoms with Gasteiger partial charge in [-0.2, -0.15) is 14.7 Å². The molecule has 0 radical (unpaired) electrons. The summed E-state index contributed by atoms with van der Waals surface area (Å²) < 4.78 is 0. The van der Waals surface area contributed by atoms with Crippen LogP contribution in [0.2, 0.25) is 0 Å². The molecule has 8 nitrogen and oxygen atoms in total. The Morgan fingerprint density at radius 3 is 1.56 bits per heavy atom. The van der Waals surface area contributed by atoms with E-state index in [1.807, 2.05) is 0 Å². The van der Waals surface area contributed by atoms with Crippen LogP contribution in [0.5, 0.6) is 0 Å². The van der Waals surface area contributed by atoms with E-state index in [4.69, 9.17) is 21.5 Å². The molecule has 0 aliphatic carbocycles. The Kier molecular flexibility index (Phi) is 5.73. The SMILES string of the molecule is CC(C)C(N)(NC(OO)(OO)C(C)C)OO. The van der Waals surface area contributed by atoms with Crippen LogP contribution in [0.15, 0.2) is 0 Å². The minimum Gasteiger partial charge on any atom is -0.288 e. The van der Waals surface area contributed by atoms with Crippen LogP contribution < -0.4 is 11.1 Å². The van der Waals surface area contributed by atoms with Crippen molar-refractivity contribution in [2.75, 3.05) is 0 Å². The Bertz CT molecular complexity index is 209. The van der Waals surface area contributed by atoms with E-state index in [1.165, 1.54) is 0 Å². The lowest BCUT2D eigenvalue weighted by Crippen LogP contribution is -2.69. The van der Waals surface area contributed by atoms with Crippen molar-refractivity contribution in [2.45, 2.75) is 39.5 Å². The van der Waals surface area contributed by atoms with Gasteiger partial charge in [0.05, 0.1) is 0 Å². The molecule has 1 unspecified atom stereocenters. The van der Waals surface area contributed by atoms with Crippen LogP contribution in [-0.2, 0) is 14.7 Å². The van der Waals surface area contributed by atoms with Gasteiger partial charge in [-0.1, -0.05) is 27.7 Å². The van der Waals surface area contributed by atoms with Crippen LogP contribution in [0.1, 0.15) is 27.7 Å². The highest BCUT2D eigenvalue weighted by molar-refractivity contribution is 4.80. The van der Waals surface area contributed by atoms with Gasteiger partial charge in [0.1, 0.15) is 0 Å². The monoisotopic (exact) mass is 240 g/mol. The molecule has 0 aromatic rings. The Morgan fingerprint density at radius 2 is 1.38 bits per heavy atom. The van der Waals surface area contributed by atoms with Crippen LogP contribution >= 0.6 is 0 Å². The first-order valence-corrected chi connectivity index (χ1v) is 4.84. The highest BCUT2D eigenvalue weighted by atomic mass is 17.2. The van der Waals surface area contributed by atoms with Crippen LogP contribution in [0.3, 0.4) is 0 Å². The molecule has 0 bridgehead atoms. The number of nitrogens with two attached hydrogens (primary N) is 1. The Labute approximate surface area is 93.7 Å². The summed E-state index contributed by atoms with van der Waals surface area (Å²) in [5.74, 6) is -4.68. The third-order valence-corrected chi connectivity index (χ3v) is 2.41. The molecule has 0 fully saturated rings. The van der Waals surface area contributed by atoms with E-state index in [-0.39, 0.29) is 0 Å². The van der Waals surface area contributed by atoms with Gasteiger partial charge in [-0.25, -0.2) is 21.1 Å². The van der Waals surface area contributed by atoms with Gasteiger partial charge in [0.2, 0.25) is 5.85 Å². The molecule has 0 aliphatic rings. The average Bonchev–Trinajstić information content (AvgIpc) is 2.25. The minimum atomic E-state index is -2.00. The number of hydrogen-bond acceptors (Lipinski definition) is 8. The van der Waals surface area contributed by atoms with Gasteiger partial charge >= 0.3 is 0 Å². The van der Waals surface area contributed by atoms with Crippen molar-refractivity contribution in [1.29, 1.82) is 0 Å². The first kappa shape index (κ1) is 15.7. The van der Waals surface area contributed by atoms with E-state index >= 15 is 0 Å². The van der Waals surface area contributed by atoms with E-state index < -0.39 is 23.6 Å². The van der Waals surface area contributed by atoms with Gasteiger partial charge in [0.25, 0.3) is 5.91 Å². The lowest BCUT2D eigenvalue weighted by Gasteiger charge is -2.40. The maximum Gasteiger partial charge on any atom is 0.292 e. The standard InChI is InChI=1S/C8H20N2O6/c1-5(2)7(9,14-11)10-8(15-12,16-13)6(3)4/h5-6,10-13H,9H2,1-4H3. The molecule has 0 heterocycles. The molecule has 8 heteroatoms. The molecule has 98 valence electrons. The lowest BCUT2D eigenvalue weighted by atomic mass is 10.1. The zero-order chi connectivity index (χ0) is 13.0. The average molecular weight is 240 g/mol. The van der Waals surface area contributed by atoms with Gasteiger partial charge in [0, 0.05) is 11.8 Å². The maximum absolute atomic E-state index is 8.75. The second kappa shape index (κ2) is 5.84. The van der Waals surface area contributed by atoms with Crippen molar-refractivity contribution in [2.24, 2.45) is 17.6 Å². The van der Waals surface area contributed by atoms with Crippen molar-refractivity contribution in [3.63, 3.8) is 0 Å². The molecule has 0 saturated heterocycles. The fourth-order valence-corrected chi connectivity index (χ4v) is 0.962. The van der Waals surface area contributed by atoms with Crippen molar-refractivity contribution in [1.82, 2.24) is 5.32 Å². The first-order valence-electron chi connectivity index (χ1n) is 4.84. The maximum atomic E-state index is 8.75. The summed E-state index contributed by atoms with van der Waals surface area (Å²) in [4.78, 5) is 12.2. The summed E-state index contributed by atoms with van der Waals surface area (Å²) in [7, 11) is 0. The summed E-state index contributed by atoms with van der Waals surface area (Å²) in [6.45, 7) is 6.45. The molecule has 6 N–H and O–H groups in total. The van der Waals surface area contributed by atoms with Crippen molar-refractivity contribution in [3.05, 3.63) is 0 Å². The second-order valence-corrected chi connectivity index (χ2v) is 4.17. The fourth-order valence-electron chi connectivity index (χ4n) is 0.962. The van der Waals surface area contributed by atoms with Gasteiger partial charge < -0.3 is 0 Å². The van der Waals surface area contributed by atoms with E-state index in [1.54, 1.807) is 27.7 Å². The van der Waals surface area contributed by atoms with Crippen LogP contribution in [-0.4, -0.2) is 27.5 Å². The Morgan fingerprint density at radius 1 is 0.938 bits per heavy atom. The van der Waals surface area contributed by atoms with Crippen LogP contribution in [0.4, 0.5) is 0 Å². The number of hydrogen-bond donors (Lipinski definition) is 5. The zero-order valence-corrected chi connectivity index (χ0v) is 9.80. The molecular formula is C8H20N2O6. The number of nitrogens with one attached hydrogen (secondary N) is 1. The van der Waals surface area contributed by atoms with E-state index in [0.29, 0.717) is 0 Å². The third kappa shape index (κ3) is 3.09. The van der Waals surface area contributed by atoms with E-state index in [0.717, 1.165) is 0 Å². The Hall–Kier alpha value is -0.320. The smallest absolute Gasteiger partial charge is 0.288 e. The van der Waals surface area contributed by atoms with Gasteiger partial charge in [-0.15, -0.1) is 0 Å². The highest BCUT2D eigenvalue weighted by Crippen LogP contribution is 2.24. The third-order valence-electron chi connectivity index (χ3n) is 2.41. The first-order chi connectivity index (χ1) is 7.28. The predicted octanol–water partition coefficient (Wildman–Crippen LogP) is 0.623. The van der Waals surface area contributed by atoms with E-state index in [2.05, 4.69) is 20.0 Å². The van der Waals surface area contributed by atoms with Crippen LogP contribution in [0.25, 0.3) is 0 Å². The van der Waals surface area contributed by atoms with Crippen LogP contribution in [0, 0.1) is 11.8 Å². The fraction of sp³-hybridized carbons (Fsp3) is 1.00. The normalized spacial score (nSPS) is 16.9. The van der Waals surface area contributed by atoms with Gasteiger partial charge in [-0.05, 0) is 0 Å². The summed E-state index contributed by atoms with van der Waals surface area (Å²) in [6, 6.07) is 0. The predicted molar refractivity (Wildman–Crippen MR) is 53.6 cm³/mol. The van der Waals surface area contributed by atoms with Gasteiger partial charge in [-0.3, -0.25) is 5.73 Å². The quantitative estimate of drug-likeness (QED) is 0.249. The van der Waals surface area contributed by atoms with Gasteiger partial charge in [0.15, 0.2) is 0 Å². The molecule has 0 aromatic carbocycles. The summed E-state index contributed by atoms with van der Waals surface area (Å²) in [5, 5.41) is 28.6. The molecule has 0 aliphatic heterocycles. The Balaban J connectivity index is 4.99. The van der Waals surface area contributed by atoms with Crippen molar-refractivity contribution >= 4 is 0 Å². The largest absolute Gasteiger partial charge is 0.292 e. The topological polar surface area (TPSA) is 126 Å². The summed E-state index contributed by atoms with van der Waals surface area (Å²) >= 11 is 0. The molecular weight excluding hydrogens is 220 g/mol. The molecule has 0 amide bonds. The summed E-state index contributed by atoms with van der Waals surface area (Å²) in [5.41, 5.74) is 5.65. The van der Waals surface area contributed by atoms with Crippen molar-refractivity contribution < 1.29 is 30.4 Å². The molecule has 0 rings (SSSR count). The van der Waals surface area contributed by atoms with E-state index in [9.17, 15) is 0 Å². The summed E-state index contributed by atoms with van der Waals surface area (Å²) in [6.07, 6.45) is 0. The lowest BCUT2D eigenvalue weighted by molar-refractivity contribution is -0.524. The number of rotatable bonds is 7. The molecule has 1 atom stereocenters. The molecule has 0 saturated carbocycles. The highest BCUT2D eigenvalue weighted by Gasteiger charge is 2.47.